The lowest BCUT2D eigenvalue weighted by molar-refractivity contribution is -0.138. The van der Waals surface area contributed by atoms with Gasteiger partial charge in [0, 0.05) is 5.69 Å². The molecule has 1 aromatic carbocycles. The summed E-state index contributed by atoms with van der Waals surface area (Å²) in [5.74, 6) is -0.841. The van der Waals surface area contributed by atoms with Gasteiger partial charge in [-0.15, -0.1) is 0 Å². The fraction of sp³-hybridized carbons (Fsp3) is 0.417. The number of carbonyl (C=O) groups is 1. The molecule has 0 aromatic heterocycles. The van der Waals surface area contributed by atoms with Crippen LogP contribution in [0, 0.1) is 0 Å². The van der Waals surface area contributed by atoms with Gasteiger partial charge < -0.3 is 11.5 Å². The van der Waals surface area contributed by atoms with Gasteiger partial charge in [-0.1, -0.05) is 20.8 Å². The molecule has 0 unspecified atom stereocenters. The van der Waals surface area contributed by atoms with Crippen molar-refractivity contribution in [3.8, 4) is 0 Å². The van der Waals surface area contributed by atoms with Crippen molar-refractivity contribution in [2.75, 3.05) is 5.73 Å². The fourth-order valence-electron chi connectivity index (χ4n) is 1.88. The van der Waals surface area contributed by atoms with Crippen molar-refractivity contribution in [3.05, 3.63) is 28.8 Å². The number of halogens is 3. The smallest absolute Gasteiger partial charge is 0.398 e. The molecule has 0 aliphatic carbocycles. The molecule has 0 aliphatic rings. The van der Waals surface area contributed by atoms with Crippen LogP contribution >= 0.6 is 0 Å². The number of alkyl halides is 3. The Morgan fingerprint density at radius 3 is 2.00 bits per heavy atom. The van der Waals surface area contributed by atoms with E-state index in [4.69, 9.17) is 11.5 Å². The minimum Gasteiger partial charge on any atom is -0.398 e. The standard InChI is InChI=1S/C12H15F3N2O/c1-11(2,3)8-7(12(13,14)15)5-4-6(9(8)16)10(17)18/h4-5H,16H2,1-3H3,(H2,17,18). The van der Waals surface area contributed by atoms with E-state index in [1.807, 2.05) is 0 Å². The van der Waals surface area contributed by atoms with Crippen molar-refractivity contribution in [3.63, 3.8) is 0 Å². The number of benzene rings is 1. The van der Waals surface area contributed by atoms with E-state index < -0.39 is 23.1 Å². The van der Waals surface area contributed by atoms with Crippen LogP contribution in [0.4, 0.5) is 18.9 Å². The van der Waals surface area contributed by atoms with Gasteiger partial charge in [0.05, 0.1) is 11.1 Å². The van der Waals surface area contributed by atoms with E-state index in [1.54, 1.807) is 20.8 Å². The molecule has 1 aromatic rings. The molecule has 3 nitrogen and oxygen atoms in total. The Morgan fingerprint density at radius 2 is 1.67 bits per heavy atom. The first-order valence-corrected chi connectivity index (χ1v) is 5.26. The van der Waals surface area contributed by atoms with Gasteiger partial charge in [0.15, 0.2) is 0 Å². The van der Waals surface area contributed by atoms with E-state index in [0.29, 0.717) is 0 Å². The maximum Gasteiger partial charge on any atom is 0.416 e. The second-order valence-electron chi connectivity index (χ2n) is 5.06. The highest BCUT2D eigenvalue weighted by molar-refractivity contribution is 5.99. The molecule has 1 rings (SSSR count). The van der Waals surface area contributed by atoms with Crippen LogP contribution < -0.4 is 11.5 Å². The number of hydrogen-bond donors (Lipinski definition) is 2. The summed E-state index contributed by atoms with van der Waals surface area (Å²) in [7, 11) is 0. The molecule has 0 radical (unpaired) electrons. The average Bonchev–Trinajstić information content (AvgIpc) is 2.12. The quantitative estimate of drug-likeness (QED) is 0.762. The van der Waals surface area contributed by atoms with E-state index in [9.17, 15) is 18.0 Å². The zero-order valence-corrected chi connectivity index (χ0v) is 10.4. The molecule has 6 heteroatoms. The molecule has 0 bridgehead atoms. The van der Waals surface area contributed by atoms with Crippen LogP contribution in [0.2, 0.25) is 0 Å². The summed E-state index contributed by atoms with van der Waals surface area (Å²) >= 11 is 0. The zero-order chi connectivity index (χ0) is 14.3. The van der Waals surface area contributed by atoms with Crippen LogP contribution in [-0.2, 0) is 11.6 Å². The van der Waals surface area contributed by atoms with Gasteiger partial charge in [0.1, 0.15) is 0 Å². The number of rotatable bonds is 1. The third-order valence-electron chi connectivity index (χ3n) is 2.57. The Bertz CT molecular complexity index is 487. The molecule has 0 aliphatic heterocycles. The number of amides is 1. The number of primary amides is 1. The van der Waals surface area contributed by atoms with Crippen LogP contribution in [0.25, 0.3) is 0 Å². The lowest BCUT2D eigenvalue weighted by atomic mass is 9.81. The third kappa shape index (κ3) is 2.57. The lowest BCUT2D eigenvalue weighted by Gasteiger charge is -2.27. The third-order valence-corrected chi connectivity index (χ3v) is 2.57. The SMILES string of the molecule is CC(C)(C)c1c(C(F)(F)F)ccc(C(N)=O)c1N. The lowest BCUT2D eigenvalue weighted by Crippen LogP contribution is -2.24. The van der Waals surface area contributed by atoms with E-state index in [1.165, 1.54) is 0 Å². The highest BCUT2D eigenvalue weighted by Gasteiger charge is 2.38. The van der Waals surface area contributed by atoms with Crippen LogP contribution in [-0.4, -0.2) is 5.91 Å². The van der Waals surface area contributed by atoms with Crippen LogP contribution in [0.15, 0.2) is 12.1 Å². The van der Waals surface area contributed by atoms with Crippen LogP contribution in [0.1, 0.15) is 42.3 Å². The molecule has 100 valence electrons. The normalized spacial score (nSPS) is 12.6. The van der Waals surface area contributed by atoms with E-state index in [2.05, 4.69) is 0 Å². The van der Waals surface area contributed by atoms with Crippen molar-refractivity contribution < 1.29 is 18.0 Å². The van der Waals surface area contributed by atoms with Crippen molar-refractivity contribution in [2.45, 2.75) is 32.4 Å². The summed E-state index contributed by atoms with van der Waals surface area (Å²) in [5.41, 5.74) is 8.67. The maximum atomic E-state index is 12.9. The molecule has 4 N–H and O–H groups in total. The Kier molecular flexibility index (Phi) is 3.34. The van der Waals surface area contributed by atoms with E-state index in [-0.39, 0.29) is 16.8 Å². The van der Waals surface area contributed by atoms with Crippen LogP contribution in [0.3, 0.4) is 0 Å². The van der Waals surface area contributed by atoms with Gasteiger partial charge in [-0.25, -0.2) is 0 Å². The maximum absolute atomic E-state index is 12.9. The molecule has 18 heavy (non-hydrogen) atoms. The van der Waals surface area contributed by atoms with Crippen molar-refractivity contribution >= 4 is 11.6 Å². The Labute approximate surface area is 103 Å². The molecular weight excluding hydrogens is 245 g/mol. The predicted molar refractivity (Wildman–Crippen MR) is 63.1 cm³/mol. The molecular formula is C12H15F3N2O. The summed E-state index contributed by atoms with van der Waals surface area (Å²) in [6.07, 6.45) is -4.52. The molecule has 0 saturated carbocycles. The van der Waals surface area contributed by atoms with Crippen molar-refractivity contribution in [1.82, 2.24) is 0 Å². The summed E-state index contributed by atoms with van der Waals surface area (Å²) in [4.78, 5) is 11.1. The molecule has 0 spiro atoms. The number of nitrogen functional groups attached to an aromatic ring is 1. The Balaban J connectivity index is 3.69. The van der Waals surface area contributed by atoms with Gasteiger partial charge >= 0.3 is 6.18 Å². The minimum atomic E-state index is -4.52. The highest BCUT2D eigenvalue weighted by Crippen LogP contribution is 2.41. The summed E-state index contributed by atoms with van der Waals surface area (Å²) < 4.78 is 38.8. The Morgan fingerprint density at radius 1 is 1.17 bits per heavy atom. The van der Waals surface area contributed by atoms with Crippen molar-refractivity contribution in [2.24, 2.45) is 5.73 Å². The number of nitrogens with two attached hydrogens (primary N) is 2. The summed E-state index contributed by atoms with van der Waals surface area (Å²) in [5, 5.41) is 0. The summed E-state index contributed by atoms with van der Waals surface area (Å²) in [6.45, 7) is 4.79. The average molecular weight is 260 g/mol. The van der Waals surface area contributed by atoms with Crippen molar-refractivity contribution in [1.29, 1.82) is 0 Å². The number of carbonyl (C=O) groups excluding carboxylic acids is 1. The monoisotopic (exact) mass is 260 g/mol. The van der Waals surface area contributed by atoms with E-state index in [0.717, 1.165) is 12.1 Å². The summed E-state index contributed by atoms with van der Waals surface area (Å²) in [6, 6.07) is 1.85. The topological polar surface area (TPSA) is 69.1 Å². The predicted octanol–water partition coefficient (Wildman–Crippen LogP) is 2.68. The molecule has 1 amide bonds. The molecule has 0 heterocycles. The minimum absolute atomic E-state index is 0.0899. The molecule has 0 fully saturated rings. The van der Waals surface area contributed by atoms with Gasteiger partial charge in [-0.2, -0.15) is 13.2 Å². The van der Waals surface area contributed by atoms with Gasteiger partial charge in [-0.3, -0.25) is 4.79 Å². The number of hydrogen-bond acceptors (Lipinski definition) is 2. The Hall–Kier alpha value is -1.72. The largest absolute Gasteiger partial charge is 0.416 e. The first kappa shape index (κ1) is 14.3. The highest BCUT2D eigenvalue weighted by atomic mass is 19.4. The van der Waals surface area contributed by atoms with Gasteiger partial charge in [0.25, 0.3) is 5.91 Å². The number of anilines is 1. The first-order valence-electron chi connectivity index (χ1n) is 5.26. The second-order valence-corrected chi connectivity index (χ2v) is 5.06. The fourth-order valence-corrected chi connectivity index (χ4v) is 1.88. The van der Waals surface area contributed by atoms with Gasteiger partial charge in [-0.05, 0) is 23.1 Å². The van der Waals surface area contributed by atoms with Gasteiger partial charge in [0.2, 0.25) is 0 Å². The second kappa shape index (κ2) is 4.19. The first-order chi connectivity index (χ1) is 7.96. The van der Waals surface area contributed by atoms with Crippen LogP contribution in [0.5, 0.6) is 0 Å². The van der Waals surface area contributed by atoms with E-state index >= 15 is 0 Å². The zero-order valence-electron chi connectivity index (χ0n) is 10.4. The molecule has 0 atom stereocenters. The molecule has 0 saturated heterocycles.